The molecule has 1 atom stereocenters. The molecule has 0 heterocycles. The van der Waals surface area contributed by atoms with Crippen molar-refractivity contribution in [1.29, 1.82) is 0 Å². The molecule has 0 saturated heterocycles. The van der Waals surface area contributed by atoms with Crippen molar-refractivity contribution in [1.82, 2.24) is 0 Å². The lowest BCUT2D eigenvalue weighted by atomic mass is 10.2. The molecule has 2 rings (SSSR count). The molecule has 25 heavy (non-hydrogen) atoms. The van der Waals surface area contributed by atoms with Gasteiger partial charge < -0.3 is 19.9 Å². The van der Waals surface area contributed by atoms with E-state index in [4.69, 9.17) is 14.6 Å². The molecule has 0 aliphatic carbocycles. The average molecular weight is 343 g/mol. The van der Waals surface area contributed by atoms with Crippen molar-refractivity contribution in [3.05, 3.63) is 48.5 Å². The molecule has 0 saturated carbocycles. The van der Waals surface area contributed by atoms with Gasteiger partial charge in [-0.2, -0.15) is 0 Å². The first-order valence-corrected chi connectivity index (χ1v) is 8.55. The van der Waals surface area contributed by atoms with E-state index in [0.29, 0.717) is 17.2 Å². The predicted molar refractivity (Wildman–Crippen MR) is 98.2 cm³/mol. The number of carbonyl (C=O) groups is 1. The van der Waals surface area contributed by atoms with E-state index in [-0.39, 0.29) is 12.5 Å². The fourth-order valence-corrected chi connectivity index (χ4v) is 2.03. The maximum atomic E-state index is 11.7. The van der Waals surface area contributed by atoms with Gasteiger partial charge in [0.15, 0.2) is 0 Å². The minimum atomic E-state index is -0.436. The molecule has 0 radical (unpaired) electrons. The normalized spacial score (nSPS) is 11.6. The summed E-state index contributed by atoms with van der Waals surface area (Å²) in [6.45, 7) is 4.34. The summed E-state index contributed by atoms with van der Waals surface area (Å²) in [7, 11) is 0. The summed E-state index contributed by atoms with van der Waals surface area (Å²) in [6.07, 6.45) is 2.15. The first-order chi connectivity index (χ1) is 12.1. The van der Waals surface area contributed by atoms with Gasteiger partial charge in [-0.05, 0) is 55.0 Å². The van der Waals surface area contributed by atoms with Gasteiger partial charge in [0.1, 0.15) is 17.2 Å². The van der Waals surface area contributed by atoms with Crippen LogP contribution in [0.4, 0.5) is 5.69 Å². The lowest BCUT2D eigenvalue weighted by Gasteiger charge is -2.11. The molecule has 5 nitrogen and oxygen atoms in total. The highest BCUT2D eigenvalue weighted by Gasteiger charge is 2.11. The third-order valence-electron chi connectivity index (χ3n) is 3.67. The zero-order valence-corrected chi connectivity index (χ0v) is 14.7. The second-order valence-corrected chi connectivity index (χ2v) is 5.87. The lowest BCUT2D eigenvalue weighted by molar-refractivity contribution is -0.120. The molecule has 2 aromatic carbocycles. The number of unbranched alkanes of at least 4 members (excludes halogenated alkanes) is 1. The second kappa shape index (κ2) is 9.69. The van der Waals surface area contributed by atoms with E-state index in [1.54, 1.807) is 31.2 Å². The van der Waals surface area contributed by atoms with Crippen LogP contribution < -0.4 is 14.8 Å². The molecular formula is C20H25NO4. The van der Waals surface area contributed by atoms with Gasteiger partial charge in [0, 0.05) is 5.69 Å². The third-order valence-corrected chi connectivity index (χ3v) is 3.67. The number of hydrogen-bond acceptors (Lipinski definition) is 4. The minimum Gasteiger partial charge on any atom is -0.494 e. The van der Waals surface area contributed by atoms with E-state index in [0.717, 1.165) is 25.2 Å². The van der Waals surface area contributed by atoms with Gasteiger partial charge in [-0.1, -0.05) is 20.3 Å². The van der Waals surface area contributed by atoms with Crippen LogP contribution >= 0.6 is 0 Å². The number of benzene rings is 2. The zero-order valence-electron chi connectivity index (χ0n) is 14.7. The van der Waals surface area contributed by atoms with Crippen LogP contribution in [0.15, 0.2) is 48.5 Å². The number of anilines is 1. The Balaban J connectivity index is 1.89. The molecule has 134 valence electrons. The van der Waals surface area contributed by atoms with Gasteiger partial charge in [-0.15, -0.1) is 0 Å². The Kier molecular flexibility index (Phi) is 7.29. The number of aliphatic hydroxyl groups excluding tert-OH is 1. The smallest absolute Gasteiger partial charge is 0.229 e. The highest BCUT2D eigenvalue weighted by atomic mass is 16.5. The van der Waals surface area contributed by atoms with E-state index in [2.05, 4.69) is 12.2 Å². The molecular weight excluding hydrogens is 318 g/mol. The van der Waals surface area contributed by atoms with Crippen LogP contribution in [0.25, 0.3) is 0 Å². The van der Waals surface area contributed by atoms with Crippen LogP contribution in [0.3, 0.4) is 0 Å². The van der Waals surface area contributed by atoms with E-state index < -0.39 is 5.92 Å². The number of hydrogen-bond donors (Lipinski definition) is 2. The second-order valence-electron chi connectivity index (χ2n) is 5.87. The van der Waals surface area contributed by atoms with Crippen molar-refractivity contribution < 1.29 is 19.4 Å². The minimum absolute atomic E-state index is 0.175. The maximum absolute atomic E-state index is 11.7. The molecule has 0 aromatic heterocycles. The van der Waals surface area contributed by atoms with Crippen LogP contribution in [0.2, 0.25) is 0 Å². The monoisotopic (exact) mass is 343 g/mol. The van der Waals surface area contributed by atoms with Crippen molar-refractivity contribution >= 4 is 11.6 Å². The highest BCUT2D eigenvalue weighted by molar-refractivity contribution is 5.92. The summed E-state index contributed by atoms with van der Waals surface area (Å²) in [4.78, 5) is 11.7. The first kappa shape index (κ1) is 18.8. The standard InChI is InChI=1S/C20H25NO4/c1-3-4-13-24-17-9-11-19(12-10-17)25-18-7-5-16(6-8-18)21-20(23)15(2)14-22/h5-12,15,22H,3-4,13-14H2,1-2H3,(H,21,23). The summed E-state index contributed by atoms with van der Waals surface area (Å²) < 4.78 is 11.4. The Bertz CT molecular complexity index is 652. The van der Waals surface area contributed by atoms with E-state index in [1.807, 2.05) is 24.3 Å². The summed E-state index contributed by atoms with van der Waals surface area (Å²) in [5.74, 6) is 1.57. The Hall–Kier alpha value is -2.53. The molecule has 2 aromatic rings. The van der Waals surface area contributed by atoms with Crippen molar-refractivity contribution in [2.75, 3.05) is 18.5 Å². The predicted octanol–water partition coefficient (Wildman–Crippen LogP) is 4.22. The number of carbonyl (C=O) groups excluding carboxylic acids is 1. The van der Waals surface area contributed by atoms with Crippen LogP contribution in [-0.2, 0) is 4.79 Å². The third kappa shape index (κ3) is 6.12. The first-order valence-electron chi connectivity index (χ1n) is 8.55. The van der Waals surface area contributed by atoms with Gasteiger partial charge in [0.2, 0.25) is 5.91 Å². The molecule has 0 fully saturated rings. The Labute approximate surface area is 148 Å². The molecule has 1 amide bonds. The van der Waals surface area contributed by atoms with Gasteiger partial charge in [0.25, 0.3) is 0 Å². The van der Waals surface area contributed by atoms with Crippen molar-refractivity contribution in [2.24, 2.45) is 5.92 Å². The average Bonchev–Trinajstić information content (AvgIpc) is 2.64. The number of nitrogens with one attached hydrogen (secondary N) is 1. The van der Waals surface area contributed by atoms with Crippen LogP contribution in [0.5, 0.6) is 17.2 Å². The molecule has 1 unspecified atom stereocenters. The quantitative estimate of drug-likeness (QED) is 0.669. The Morgan fingerprint density at radius 3 is 2.16 bits per heavy atom. The number of amides is 1. The molecule has 0 bridgehead atoms. The zero-order chi connectivity index (χ0) is 18.1. The van der Waals surface area contributed by atoms with Gasteiger partial charge in [-0.25, -0.2) is 0 Å². The topological polar surface area (TPSA) is 67.8 Å². The number of ether oxygens (including phenoxy) is 2. The number of aliphatic hydroxyl groups is 1. The fourth-order valence-electron chi connectivity index (χ4n) is 2.03. The molecule has 2 N–H and O–H groups in total. The largest absolute Gasteiger partial charge is 0.494 e. The van der Waals surface area contributed by atoms with E-state index >= 15 is 0 Å². The summed E-state index contributed by atoms with van der Waals surface area (Å²) in [6, 6.07) is 14.6. The highest BCUT2D eigenvalue weighted by Crippen LogP contribution is 2.25. The van der Waals surface area contributed by atoms with Crippen molar-refractivity contribution in [2.45, 2.75) is 26.7 Å². The van der Waals surface area contributed by atoms with Crippen molar-refractivity contribution in [3.8, 4) is 17.2 Å². The lowest BCUT2D eigenvalue weighted by Crippen LogP contribution is -2.22. The van der Waals surface area contributed by atoms with Crippen molar-refractivity contribution in [3.63, 3.8) is 0 Å². The molecule has 0 spiro atoms. The van der Waals surface area contributed by atoms with Crippen LogP contribution in [-0.4, -0.2) is 24.2 Å². The molecule has 5 heteroatoms. The SMILES string of the molecule is CCCCOc1ccc(Oc2ccc(NC(=O)C(C)CO)cc2)cc1. The van der Waals surface area contributed by atoms with Gasteiger partial charge >= 0.3 is 0 Å². The summed E-state index contributed by atoms with van der Waals surface area (Å²) in [5.41, 5.74) is 0.664. The van der Waals surface area contributed by atoms with Crippen LogP contribution in [0.1, 0.15) is 26.7 Å². The van der Waals surface area contributed by atoms with Gasteiger partial charge in [0.05, 0.1) is 19.1 Å². The Morgan fingerprint density at radius 1 is 1.04 bits per heavy atom. The number of rotatable bonds is 9. The fraction of sp³-hybridized carbons (Fsp3) is 0.350. The molecule has 0 aliphatic rings. The van der Waals surface area contributed by atoms with Gasteiger partial charge in [-0.3, -0.25) is 4.79 Å². The maximum Gasteiger partial charge on any atom is 0.229 e. The van der Waals surface area contributed by atoms with Crippen LogP contribution in [0, 0.1) is 5.92 Å². The Morgan fingerprint density at radius 2 is 1.60 bits per heavy atom. The van der Waals surface area contributed by atoms with E-state index in [1.165, 1.54) is 0 Å². The molecule has 0 aliphatic heterocycles. The summed E-state index contributed by atoms with van der Waals surface area (Å²) in [5, 5.41) is 11.7. The van der Waals surface area contributed by atoms with E-state index in [9.17, 15) is 4.79 Å². The summed E-state index contributed by atoms with van der Waals surface area (Å²) >= 11 is 0.